The minimum absolute atomic E-state index is 1.12. The summed E-state index contributed by atoms with van der Waals surface area (Å²) in [5.74, 6) is 6.16. The van der Waals surface area contributed by atoms with Crippen molar-refractivity contribution in [2.45, 2.75) is 13.3 Å². The van der Waals surface area contributed by atoms with Crippen LogP contribution >= 0.6 is 0 Å². The van der Waals surface area contributed by atoms with Gasteiger partial charge in [0.2, 0.25) is 0 Å². The third-order valence-electron chi connectivity index (χ3n) is 3.34. The molecule has 0 nitrogen and oxygen atoms in total. The van der Waals surface area contributed by atoms with Crippen molar-refractivity contribution in [3.63, 3.8) is 0 Å². The van der Waals surface area contributed by atoms with Gasteiger partial charge >= 0.3 is 0 Å². The lowest BCUT2D eigenvalue weighted by atomic mass is 10.1. The summed E-state index contributed by atoms with van der Waals surface area (Å²) in [7, 11) is 0. The van der Waals surface area contributed by atoms with Gasteiger partial charge in [0.1, 0.15) is 0 Å². The molecule has 38 valence electrons. The molecule has 0 heterocycles. The second-order valence-corrected chi connectivity index (χ2v) is 3.61. The summed E-state index contributed by atoms with van der Waals surface area (Å²) in [6, 6.07) is 0. The molecule has 0 aromatic carbocycles. The third-order valence-corrected chi connectivity index (χ3v) is 3.34. The molecule has 4 fully saturated rings. The predicted molar refractivity (Wildman–Crippen MR) is 27.7 cm³/mol. The van der Waals surface area contributed by atoms with Crippen molar-refractivity contribution < 1.29 is 0 Å². The standard InChI is InChI=1S/C7H10/c1-3-2-4-6-5(3)7(4)6/h3-7H,2H2,1H3. The molecule has 0 radical (unpaired) electrons. The van der Waals surface area contributed by atoms with Crippen LogP contribution in [0.4, 0.5) is 0 Å². The molecule has 0 spiro atoms. The maximum atomic E-state index is 2.42. The molecule has 0 aromatic heterocycles. The zero-order valence-corrected chi connectivity index (χ0v) is 4.59. The van der Waals surface area contributed by atoms with E-state index < -0.39 is 0 Å². The molecule has 4 rings (SSSR count). The first kappa shape index (κ1) is 3.11. The normalized spacial score (nSPS) is 81.0. The molecule has 0 amide bonds. The Hall–Kier alpha value is 0. The van der Waals surface area contributed by atoms with E-state index in [9.17, 15) is 0 Å². The SMILES string of the molecule is CC1CC2C3C1C23. The Morgan fingerprint density at radius 3 is 2.00 bits per heavy atom. The van der Waals surface area contributed by atoms with Crippen molar-refractivity contribution in [1.29, 1.82) is 0 Å². The van der Waals surface area contributed by atoms with E-state index in [1.165, 1.54) is 23.7 Å². The molecule has 0 aliphatic heterocycles. The van der Waals surface area contributed by atoms with E-state index in [1.807, 2.05) is 0 Å². The summed E-state index contributed by atoms with van der Waals surface area (Å²) in [5.41, 5.74) is 0. The van der Waals surface area contributed by atoms with Gasteiger partial charge in [-0.25, -0.2) is 0 Å². The highest BCUT2D eigenvalue weighted by Gasteiger charge is 2.78. The highest BCUT2D eigenvalue weighted by Crippen LogP contribution is 2.83. The summed E-state index contributed by atoms with van der Waals surface area (Å²) < 4.78 is 0. The fourth-order valence-corrected chi connectivity index (χ4v) is 2.90. The molecular formula is C7H10. The van der Waals surface area contributed by atoms with Crippen LogP contribution in [-0.2, 0) is 0 Å². The highest BCUT2D eigenvalue weighted by molar-refractivity contribution is 5.26. The Balaban J connectivity index is 2.06. The van der Waals surface area contributed by atoms with E-state index in [0.717, 1.165) is 5.92 Å². The van der Waals surface area contributed by atoms with Crippen LogP contribution in [0.15, 0.2) is 0 Å². The molecule has 0 saturated heterocycles. The number of hydrogen-bond acceptors (Lipinski definition) is 0. The number of rotatable bonds is 0. The van der Waals surface area contributed by atoms with Crippen molar-refractivity contribution in [2.75, 3.05) is 0 Å². The zero-order valence-electron chi connectivity index (χ0n) is 4.59. The van der Waals surface area contributed by atoms with Crippen molar-refractivity contribution in [2.24, 2.45) is 29.6 Å². The van der Waals surface area contributed by atoms with Gasteiger partial charge in [0, 0.05) is 0 Å². The molecular weight excluding hydrogens is 84.1 g/mol. The van der Waals surface area contributed by atoms with E-state index in [1.54, 1.807) is 6.42 Å². The Labute approximate surface area is 43.9 Å². The van der Waals surface area contributed by atoms with Crippen LogP contribution < -0.4 is 0 Å². The molecule has 0 N–H and O–H groups in total. The summed E-state index contributed by atoms with van der Waals surface area (Å²) in [4.78, 5) is 0. The summed E-state index contributed by atoms with van der Waals surface area (Å²) in [5, 5.41) is 0. The van der Waals surface area contributed by atoms with Gasteiger partial charge < -0.3 is 0 Å². The van der Waals surface area contributed by atoms with Crippen molar-refractivity contribution >= 4 is 0 Å². The molecule has 7 heavy (non-hydrogen) atoms. The summed E-state index contributed by atoms with van der Waals surface area (Å²) >= 11 is 0. The first-order valence-corrected chi connectivity index (χ1v) is 3.39. The van der Waals surface area contributed by atoms with Crippen molar-refractivity contribution in [3.8, 4) is 0 Å². The minimum atomic E-state index is 1.12. The predicted octanol–water partition coefficient (Wildman–Crippen LogP) is 1.52. The maximum absolute atomic E-state index is 2.42. The fraction of sp³-hybridized carbons (Fsp3) is 1.00. The van der Waals surface area contributed by atoms with Gasteiger partial charge in [0.15, 0.2) is 0 Å². The van der Waals surface area contributed by atoms with Gasteiger partial charge in [0.05, 0.1) is 0 Å². The molecule has 0 heteroatoms. The topological polar surface area (TPSA) is 0 Å². The zero-order chi connectivity index (χ0) is 4.59. The average molecular weight is 94.2 g/mol. The van der Waals surface area contributed by atoms with Crippen LogP contribution in [0, 0.1) is 29.6 Å². The van der Waals surface area contributed by atoms with Crippen LogP contribution in [0.1, 0.15) is 13.3 Å². The number of hydrogen-bond donors (Lipinski definition) is 0. The molecule has 2 bridgehead atoms. The fourth-order valence-electron chi connectivity index (χ4n) is 2.90. The Morgan fingerprint density at radius 1 is 1.14 bits per heavy atom. The third kappa shape index (κ3) is 0.167. The van der Waals surface area contributed by atoms with Crippen molar-refractivity contribution in [3.05, 3.63) is 0 Å². The Bertz CT molecular complexity index is 111. The van der Waals surface area contributed by atoms with Crippen LogP contribution in [-0.4, -0.2) is 0 Å². The molecule has 3 unspecified atom stereocenters. The molecule has 0 aromatic rings. The van der Waals surface area contributed by atoms with E-state index in [4.69, 9.17) is 0 Å². The Morgan fingerprint density at radius 2 is 1.86 bits per heavy atom. The largest absolute Gasteiger partial charge is 0.0622 e. The highest BCUT2D eigenvalue weighted by atomic mass is 14.8. The van der Waals surface area contributed by atoms with Crippen LogP contribution in [0.25, 0.3) is 0 Å². The first-order valence-electron chi connectivity index (χ1n) is 3.39. The summed E-state index contributed by atoms with van der Waals surface area (Å²) in [6.07, 6.45) is 1.58. The number of fused-ring (bicyclic) bond motifs is 1. The first-order chi connectivity index (χ1) is 3.39. The van der Waals surface area contributed by atoms with E-state index in [2.05, 4.69) is 6.92 Å². The molecule has 4 saturated carbocycles. The van der Waals surface area contributed by atoms with Gasteiger partial charge in [-0.15, -0.1) is 0 Å². The van der Waals surface area contributed by atoms with Gasteiger partial charge in [-0.1, -0.05) is 6.92 Å². The smallest absolute Gasteiger partial charge is 0.0315 e. The molecule has 3 atom stereocenters. The van der Waals surface area contributed by atoms with Crippen molar-refractivity contribution in [1.82, 2.24) is 0 Å². The lowest BCUT2D eigenvalue weighted by Gasteiger charge is -1.93. The van der Waals surface area contributed by atoms with Gasteiger partial charge in [-0.2, -0.15) is 0 Å². The minimum Gasteiger partial charge on any atom is -0.0622 e. The lowest BCUT2D eigenvalue weighted by molar-refractivity contribution is 0.551. The van der Waals surface area contributed by atoms with Crippen LogP contribution in [0.2, 0.25) is 0 Å². The second-order valence-electron chi connectivity index (χ2n) is 3.61. The van der Waals surface area contributed by atoms with Gasteiger partial charge in [-0.3, -0.25) is 0 Å². The van der Waals surface area contributed by atoms with Crippen LogP contribution in [0.3, 0.4) is 0 Å². The van der Waals surface area contributed by atoms with Crippen LogP contribution in [0.5, 0.6) is 0 Å². The molecule has 4 aliphatic carbocycles. The van der Waals surface area contributed by atoms with E-state index >= 15 is 0 Å². The monoisotopic (exact) mass is 94.1 g/mol. The van der Waals surface area contributed by atoms with E-state index in [0.29, 0.717) is 0 Å². The average Bonchev–Trinajstić information content (AvgIpc) is 2.41. The van der Waals surface area contributed by atoms with Gasteiger partial charge in [0.25, 0.3) is 0 Å². The lowest BCUT2D eigenvalue weighted by Crippen LogP contribution is -1.87. The summed E-state index contributed by atoms with van der Waals surface area (Å²) in [6.45, 7) is 2.42. The van der Waals surface area contributed by atoms with E-state index in [-0.39, 0.29) is 0 Å². The quantitative estimate of drug-likeness (QED) is 0.427. The second kappa shape index (κ2) is 0.586. The van der Waals surface area contributed by atoms with Gasteiger partial charge in [-0.05, 0) is 36.0 Å². The maximum Gasteiger partial charge on any atom is -0.0315 e. The molecule has 4 aliphatic rings. The Kier molecular flexibility index (Phi) is 0.260.